The Hall–Kier alpha value is -2.71. The van der Waals surface area contributed by atoms with Crippen LogP contribution in [0.5, 0.6) is 11.5 Å². The first-order valence-electron chi connectivity index (χ1n) is 8.04. The van der Waals surface area contributed by atoms with Crippen molar-refractivity contribution in [3.05, 3.63) is 36.2 Å². The third kappa shape index (κ3) is 4.09. The molecule has 26 heavy (non-hydrogen) atoms. The van der Waals surface area contributed by atoms with Gasteiger partial charge in [0, 0.05) is 49.2 Å². The fourth-order valence-corrected chi connectivity index (χ4v) is 2.86. The highest BCUT2D eigenvalue weighted by Crippen LogP contribution is 2.31. The molecular weight excluding hydrogens is 349 g/mol. The number of hydrogen-bond acceptors (Lipinski definition) is 6. The quantitative estimate of drug-likeness (QED) is 0.875. The molecule has 2 aromatic rings. The van der Waals surface area contributed by atoms with Crippen molar-refractivity contribution >= 4 is 11.6 Å². The number of methoxy groups -OCH3 is 2. The summed E-state index contributed by atoms with van der Waals surface area (Å²) < 4.78 is 48.8. The highest BCUT2D eigenvalue weighted by Gasteiger charge is 2.33. The highest BCUT2D eigenvalue weighted by molar-refractivity contribution is 5.56. The molecule has 6 nitrogen and oxygen atoms in total. The van der Waals surface area contributed by atoms with Gasteiger partial charge in [0.25, 0.3) is 0 Å². The Balaban J connectivity index is 1.70. The molecule has 3 rings (SSSR count). The lowest BCUT2D eigenvalue weighted by atomic mass is 10.2. The standard InChI is InChI=1S/C17H19F3N4O2/c1-25-13-7-12(8-14(9-13)26-2)24-6-4-11(10-24)22-16-21-5-3-15(23-16)17(18,19)20/h3,5,7-9,11H,4,6,10H2,1-2H3,(H,21,22,23). The van der Waals surface area contributed by atoms with Crippen LogP contribution in [0.1, 0.15) is 12.1 Å². The molecule has 0 spiro atoms. The minimum absolute atomic E-state index is 0.0186. The minimum atomic E-state index is -4.49. The summed E-state index contributed by atoms with van der Waals surface area (Å²) in [4.78, 5) is 9.55. The van der Waals surface area contributed by atoms with Gasteiger partial charge in [-0.25, -0.2) is 9.97 Å². The van der Waals surface area contributed by atoms with Crippen LogP contribution in [0.4, 0.5) is 24.8 Å². The lowest BCUT2D eigenvalue weighted by molar-refractivity contribution is -0.141. The van der Waals surface area contributed by atoms with Crippen molar-refractivity contribution in [2.75, 3.05) is 37.5 Å². The molecule has 0 saturated carbocycles. The Morgan fingerprint density at radius 2 is 1.85 bits per heavy atom. The van der Waals surface area contributed by atoms with E-state index in [1.807, 2.05) is 12.1 Å². The maximum absolute atomic E-state index is 12.8. The van der Waals surface area contributed by atoms with Gasteiger partial charge in [-0.3, -0.25) is 0 Å². The van der Waals surface area contributed by atoms with Gasteiger partial charge in [-0.05, 0) is 12.5 Å². The summed E-state index contributed by atoms with van der Waals surface area (Å²) in [7, 11) is 3.16. The van der Waals surface area contributed by atoms with E-state index in [9.17, 15) is 13.2 Å². The molecular formula is C17H19F3N4O2. The molecule has 1 fully saturated rings. The van der Waals surface area contributed by atoms with E-state index >= 15 is 0 Å². The number of nitrogens with one attached hydrogen (secondary N) is 1. The summed E-state index contributed by atoms with van der Waals surface area (Å²) in [6.45, 7) is 1.35. The lowest BCUT2D eigenvalue weighted by Crippen LogP contribution is -2.27. The van der Waals surface area contributed by atoms with Crippen molar-refractivity contribution in [2.24, 2.45) is 0 Å². The Bertz CT molecular complexity index is 748. The molecule has 1 aliphatic rings. The molecule has 0 bridgehead atoms. The van der Waals surface area contributed by atoms with Crippen LogP contribution in [0.25, 0.3) is 0 Å². The van der Waals surface area contributed by atoms with Gasteiger partial charge in [0.05, 0.1) is 14.2 Å². The molecule has 140 valence electrons. The van der Waals surface area contributed by atoms with E-state index in [0.717, 1.165) is 30.9 Å². The largest absolute Gasteiger partial charge is 0.497 e. The highest BCUT2D eigenvalue weighted by atomic mass is 19.4. The summed E-state index contributed by atoms with van der Waals surface area (Å²) in [5.41, 5.74) is -0.0298. The molecule has 0 aliphatic carbocycles. The monoisotopic (exact) mass is 368 g/mol. The average Bonchev–Trinajstić information content (AvgIpc) is 3.09. The first-order valence-corrected chi connectivity index (χ1v) is 8.04. The zero-order chi connectivity index (χ0) is 18.7. The number of halogens is 3. The van der Waals surface area contributed by atoms with Crippen LogP contribution >= 0.6 is 0 Å². The van der Waals surface area contributed by atoms with Crippen molar-refractivity contribution in [3.8, 4) is 11.5 Å². The summed E-state index contributed by atoms with van der Waals surface area (Å²) >= 11 is 0. The van der Waals surface area contributed by atoms with E-state index in [1.165, 1.54) is 0 Å². The molecule has 1 N–H and O–H groups in total. The third-order valence-electron chi connectivity index (χ3n) is 4.17. The van der Waals surface area contributed by atoms with Gasteiger partial charge in [-0.1, -0.05) is 0 Å². The van der Waals surface area contributed by atoms with E-state index in [2.05, 4.69) is 20.2 Å². The summed E-state index contributed by atoms with van der Waals surface area (Å²) in [6, 6.07) is 6.37. The topological polar surface area (TPSA) is 59.5 Å². The van der Waals surface area contributed by atoms with Gasteiger partial charge in [0.15, 0.2) is 0 Å². The number of nitrogens with zero attached hydrogens (tertiary/aromatic N) is 3. The van der Waals surface area contributed by atoms with E-state index in [4.69, 9.17) is 9.47 Å². The van der Waals surface area contributed by atoms with Crippen LogP contribution in [-0.2, 0) is 6.18 Å². The first-order chi connectivity index (χ1) is 12.4. The van der Waals surface area contributed by atoms with E-state index in [1.54, 1.807) is 20.3 Å². The van der Waals surface area contributed by atoms with Gasteiger partial charge >= 0.3 is 6.18 Å². The number of aromatic nitrogens is 2. The van der Waals surface area contributed by atoms with Gasteiger partial charge in [0.2, 0.25) is 5.95 Å². The number of rotatable bonds is 5. The zero-order valence-electron chi connectivity index (χ0n) is 14.4. The van der Waals surface area contributed by atoms with Crippen molar-refractivity contribution < 1.29 is 22.6 Å². The first kappa shape index (κ1) is 18.1. The van der Waals surface area contributed by atoms with Crippen LogP contribution in [0.2, 0.25) is 0 Å². The van der Waals surface area contributed by atoms with Gasteiger partial charge < -0.3 is 19.7 Å². The van der Waals surface area contributed by atoms with Crippen molar-refractivity contribution in [1.29, 1.82) is 0 Å². The number of hydrogen-bond donors (Lipinski definition) is 1. The summed E-state index contributed by atoms with van der Waals surface area (Å²) in [5.74, 6) is 1.34. The average molecular weight is 368 g/mol. The van der Waals surface area contributed by atoms with Crippen molar-refractivity contribution in [1.82, 2.24) is 9.97 Å². The minimum Gasteiger partial charge on any atom is -0.497 e. The molecule has 1 unspecified atom stereocenters. The molecule has 9 heteroatoms. The molecule has 1 atom stereocenters. The maximum Gasteiger partial charge on any atom is 0.433 e. The van der Waals surface area contributed by atoms with E-state index < -0.39 is 11.9 Å². The Morgan fingerprint density at radius 1 is 1.15 bits per heavy atom. The summed E-state index contributed by atoms with van der Waals surface area (Å²) in [6.07, 6.45) is -2.63. The smallest absolute Gasteiger partial charge is 0.433 e. The third-order valence-corrected chi connectivity index (χ3v) is 4.17. The predicted molar refractivity (Wildman–Crippen MR) is 90.8 cm³/mol. The Kier molecular flexibility index (Phi) is 5.06. The van der Waals surface area contributed by atoms with Crippen molar-refractivity contribution in [3.63, 3.8) is 0 Å². The van der Waals surface area contributed by atoms with Gasteiger partial charge in [0.1, 0.15) is 17.2 Å². The van der Waals surface area contributed by atoms with Crippen molar-refractivity contribution in [2.45, 2.75) is 18.6 Å². The number of ether oxygens (including phenoxy) is 2. The fraction of sp³-hybridized carbons (Fsp3) is 0.412. The van der Waals surface area contributed by atoms with Crippen LogP contribution in [0.3, 0.4) is 0 Å². The maximum atomic E-state index is 12.8. The van der Waals surface area contributed by atoms with E-state index in [-0.39, 0.29) is 12.0 Å². The normalized spacial score (nSPS) is 17.3. The number of alkyl halides is 3. The second kappa shape index (κ2) is 7.27. The van der Waals surface area contributed by atoms with Crippen LogP contribution in [0, 0.1) is 0 Å². The summed E-state index contributed by atoms with van der Waals surface area (Å²) in [5, 5.41) is 2.98. The molecule has 0 amide bonds. The molecule has 1 aromatic heterocycles. The predicted octanol–water partition coefficient (Wildman–Crippen LogP) is 3.20. The molecule has 2 heterocycles. The van der Waals surface area contributed by atoms with E-state index in [0.29, 0.717) is 18.0 Å². The molecule has 1 aliphatic heterocycles. The molecule has 0 radical (unpaired) electrons. The second-order valence-corrected chi connectivity index (χ2v) is 5.91. The van der Waals surface area contributed by atoms with Gasteiger partial charge in [-0.2, -0.15) is 13.2 Å². The number of anilines is 2. The number of benzene rings is 1. The van der Waals surface area contributed by atoms with Crippen LogP contribution in [0.15, 0.2) is 30.5 Å². The Labute approximate surface area is 149 Å². The lowest BCUT2D eigenvalue weighted by Gasteiger charge is -2.20. The Morgan fingerprint density at radius 3 is 2.46 bits per heavy atom. The SMILES string of the molecule is COc1cc(OC)cc(N2CCC(Nc3nccc(C(F)(F)F)n3)C2)c1. The zero-order valence-corrected chi connectivity index (χ0v) is 14.4. The molecule has 1 saturated heterocycles. The fourth-order valence-electron chi connectivity index (χ4n) is 2.86. The van der Waals surface area contributed by atoms with Crippen LogP contribution < -0.4 is 19.7 Å². The molecule has 1 aromatic carbocycles. The second-order valence-electron chi connectivity index (χ2n) is 5.91. The van der Waals surface area contributed by atoms with Crippen LogP contribution in [-0.4, -0.2) is 43.3 Å². The van der Waals surface area contributed by atoms with Gasteiger partial charge in [-0.15, -0.1) is 0 Å².